The van der Waals surface area contributed by atoms with Crippen molar-refractivity contribution in [3.05, 3.63) is 0 Å². The van der Waals surface area contributed by atoms with Gasteiger partial charge in [-0.15, -0.1) is 0 Å². The second-order valence-electron chi connectivity index (χ2n) is 1.12. The Balaban J connectivity index is 2.00. The third-order valence-electron chi connectivity index (χ3n) is 0.630. The number of hydrogen-bond acceptors (Lipinski definition) is 3. The lowest BCUT2D eigenvalue weighted by atomic mass is 11.0. The molecular weight excluding hydrogens is 66.0 g/mol. The monoisotopic (exact) mass is 73.1 g/mol. The van der Waals surface area contributed by atoms with Crippen LogP contribution in [0.1, 0.15) is 0 Å². The molecule has 0 amide bonds. The van der Waals surface area contributed by atoms with Gasteiger partial charge in [0.25, 0.3) is 0 Å². The van der Waals surface area contributed by atoms with Gasteiger partial charge in [-0.3, -0.25) is 5.84 Å². The van der Waals surface area contributed by atoms with Crippen LogP contribution in [0.15, 0.2) is 0 Å². The number of nitrogens with zero attached hydrogens (tertiary/aromatic N) is 1. The second-order valence-corrected chi connectivity index (χ2v) is 1.12. The quantitative estimate of drug-likeness (QED) is 0.230. The Morgan fingerprint density at radius 1 is 1.60 bits per heavy atom. The molecule has 3 N–H and O–H groups in total. The number of nitrogens with one attached hydrogen (secondary N) is 1. The van der Waals surface area contributed by atoms with Crippen molar-refractivity contribution < 1.29 is 0 Å². The van der Waals surface area contributed by atoms with E-state index in [1.165, 1.54) is 0 Å². The first kappa shape index (κ1) is 3.08. The van der Waals surface area contributed by atoms with Crippen LogP contribution in [0.2, 0.25) is 0 Å². The maximum absolute atomic E-state index is 4.91. The predicted molar refractivity (Wildman–Crippen MR) is 18.9 cm³/mol. The average molecular weight is 73.1 g/mol. The third-order valence-corrected chi connectivity index (χ3v) is 0.630. The van der Waals surface area contributed by atoms with Crippen LogP contribution >= 0.6 is 0 Å². The van der Waals surface area contributed by atoms with Gasteiger partial charge in [-0.25, -0.2) is 5.01 Å². The standard InChI is InChI=1S/C2H7N3/c3-4-5-1-2-5/h4H,1-3H2. The fourth-order valence-corrected chi connectivity index (χ4v) is 0.179. The molecular formula is C2H7N3. The summed E-state index contributed by atoms with van der Waals surface area (Å²) < 4.78 is 0. The van der Waals surface area contributed by atoms with Crippen molar-refractivity contribution in [1.82, 2.24) is 10.5 Å². The first-order valence-electron chi connectivity index (χ1n) is 1.64. The first-order valence-corrected chi connectivity index (χ1v) is 1.64. The molecule has 1 saturated heterocycles. The molecule has 3 heteroatoms. The van der Waals surface area contributed by atoms with Crippen molar-refractivity contribution >= 4 is 0 Å². The van der Waals surface area contributed by atoms with Crippen molar-refractivity contribution in [3.8, 4) is 0 Å². The second kappa shape index (κ2) is 0.931. The van der Waals surface area contributed by atoms with Gasteiger partial charge in [0.05, 0.1) is 0 Å². The van der Waals surface area contributed by atoms with E-state index in [0.29, 0.717) is 0 Å². The molecule has 0 unspecified atom stereocenters. The minimum atomic E-state index is 1.11. The van der Waals surface area contributed by atoms with E-state index in [1.807, 2.05) is 5.01 Å². The zero-order valence-electron chi connectivity index (χ0n) is 2.94. The van der Waals surface area contributed by atoms with E-state index < -0.39 is 0 Å². The van der Waals surface area contributed by atoms with Crippen LogP contribution < -0.4 is 11.4 Å². The smallest absolute Gasteiger partial charge is 0.0287 e. The molecule has 0 spiro atoms. The number of nitrogens with two attached hydrogens (primary N) is 1. The summed E-state index contributed by atoms with van der Waals surface area (Å²) >= 11 is 0. The van der Waals surface area contributed by atoms with Crippen molar-refractivity contribution in [2.45, 2.75) is 0 Å². The molecule has 1 aliphatic rings. The van der Waals surface area contributed by atoms with E-state index in [0.717, 1.165) is 13.1 Å². The van der Waals surface area contributed by atoms with Crippen molar-refractivity contribution in [1.29, 1.82) is 0 Å². The molecule has 1 aliphatic heterocycles. The molecule has 0 saturated carbocycles. The Morgan fingerprint density at radius 2 is 2.20 bits per heavy atom. The van der Waals surface area contributed by atoms with E-state index in [2.05, 4.69) is 5.53 Å². The van der Waals surface area contributed by atoms with Gasteiger partial charge in [0.1, 0.15) is 0 Å². The Labute approximate surface area is 30.7 Å². The summed E-state index contributed by atoms with van der Waals surface area (Å²) in [6, 6.07) is 0. The lowest BCUT2D eigenvalue weighted by Crippen LogP contribution is -2.27. The van der Waals surface area contributed by atoms with E-state index in [1.54, 1.807) is 0 Å². The van der Waals surface area contributed by atoms with Crippen LogP contribution in [0.5, 0.6) is 0 Å². The highest BCUT2D eigenvalue weighted by atomic mass is 15.7. The molecule has 5 heavy (non-hydrogen) atoms. The zero-order valence-corrected chi connectivity index (χ0v) is 2.94. The van der Waals surface area contributed by atoms with Crippen LogP contribution in [0.3, 0.4) is 0 Å². The molecule has 0 aromatic rings. The molecule has 1 rings (SSSR count). The number of rotatable bonds is 1. The van der Waals surface area contributed by atoms with Gasteiger partial charge in [-0.05, 0) is 0 Å². The van der Waals surface area contributed by atoms with Crippen molar-refractivity contribution in [2.24, 2.45) is 5.84 Å². The van der Waals surface area contributed by atoms with Gasteiger partial charge in [-0.2, -0.15) is 5.53 Å². The van der Waals surface area contributed by atoms with Crippen LogP contribution in [0.25, 0.3) is 0 Å². The van der Waals surface area contributed by atoms with Crippen LogP contribution in [0, 0.1) is 0 Å². The zero-order chi connectivity index (χ0) is 3.70. The lowest BCUT2D eigenvalue weighted by Gasteiger charge is -1.87. The summed E-state index contributed by atoms with van der Waals surface area (Å²) in [5, 5.41) is 1.90. The van der Waals surface area contributed by atoms with Gasteiger partial charge < -0.3 is 0 Å². The molecule has 0 bridgehead atoms. The number of hydrazine groups is 2. The molecule has 0 atom stereocenters. The maximum atomic E-state index is 4.91. The van der Waals surface area contributed by atoms with Gasteiger partial charge in [0.2, 0.25) is 0 Å². The van der Waals surface area contributed by atoms with E-state index >= 15 is 0 Å². The Bertz CT molecular complexity index is 31.9. The Morgan fingerprint density at radius 3 is 2.20 bits per heavy atom. The molecule has 3 nitrogen and oxygen atoms in total. The van der Waals surface area contributed by atoms with E-state index in [9.17, 15) is 0 Å². The minimum absolute atomic E-state index is 1.11. The van der Waals surface area contributed by atoms with E-state index in [4.69, 9.17) is 5.84 Å². The highest BCUT2D eigenvalue weighted by Gasteiger charge is 2.13. The summed E-state index contributed by atoms with van der Waals surface area (Å²) in [6.07, 6.45) is 0. The summed E-state index contributed by atoms with van der Waals surface area (Å²) in [4.78, 5) is 0. The average Bonchev–Trinajstić information content (AvgIpc) is 2.12. The maximum Gasteiger partial charge on any atom is 0.0287 e. The van der Waals surface area contributed by atoms with Crippen LogP contribution in [-0.2, 0) is 0 Å². The fraction of sp³-hybridized carbons (Fsp3) is 1.00. The summed E-state index contributed by atoms with van der Waals surface area (Å²) in [5.74, 6) is 4.91. The summed E-state index contributed by atoms with van der Waals surface area (Å²) in [5.41, 5.74) is 2.47. The van der Waals surface area contributed by atoms with Crippen molar-refractivity contribution in [2.75, 3.05) is 13.1 Å². The number of hydrogen-bond donors (Lipinski definition) is 2. The minimum Gasteiger partial charge on any atom is -0.258 e. The summed E-state index contributed by atoms with van der Waals surface area (Å²) in [7, 11) is 0. The highest BCUT2D eigenvalue weighted by Crippen LogP contribution is 1.91. The molecule has 1 fully saturated rings. The van der Waals surface area contributed by atoms with Gasteiger partial charge in [0, 0.05) is 13.1 Å². The van der Waals surface area contributed by atoms with E-state index in [-0.39, 0.29) is 0 Å². The fourth-order valence-electron chi connectivity index (χ4n) is 0.179. The van der Waals surface area contributed by atoms with Crippen molar-refractivity contribution in [3.63, 3.8) is 0 Å². The van der Waals surface area contributed by atoms with Crippen LogP contribution in [-0.4, -0.2) is 18.1 Å². The molecule has 0 aromatic carbocycles. The molecule has 0 radical (unpaired) electrons. The SMILES string of the molecule is NNN1CC1. The molecule has 0 aromatic heterocycles. The summed E-state index contributed by atoms with van der Waals surface area (Å²) in [6.45, 7) is 2.22. The topological polar surface area (TPSA) is 41.1 Å². The van der Waals surface area contributed by atoms with Gasteiger partial charge in [0.15, 0.2) is 0 Å². The Kier molecular flexibility index (Phi) is 0.574. The van der Waals surface area contributed by atoms with Gasteiger partial charge in [-0.1, -0.05) is 0 Å². The molecule has 0 aliphatic carbocycles. The van der Waals surface area contributed by atoms with Gasteiger partial charge >= 0.3 is 0 Å². The lowest BCUT2D eigenvalue weighted by molar-refractivity contribution is 0.417. The normalized spacial score (nSPS) is 23.4. The highest BCUT2D eigenvalue weighted by molar-refractivity contribution is 4.63. The molecule has 30 valence electrons. The largest absolute Gasteiger partial charge is 0.258 e. The first-order chi connectivity index (χ1) is 2.43. The molecule has 1 heterocycles. The Hall–Kier alpha value is -0.120. The van der Waals surface area contributed by atoms with Crippen LogP contribution in [0.4, 0.5) is 0 Å². The third kappa shape index (κ3) is 0.576. The predicted octanol–water partition coefficient (Wildman–Crippen LogP) is -1.32.